The Bertz CT molecular complexity index is 253. The smallest absolute Gasteiger partial charge is 0.181 e. The van der Waals surface area contributed by atoms with Gasteiger partial charge in [-0.15, -0.1) is 0 Å². The number of aromatic nitrogens is 1. The second kappa shape index (κ2) is 3.57. The zero-order chi connectivity index (χ0) is 8.10. The molecule has 0 amide bonds. The van der Waals surface area contributed by atoms with Crippen LogP contribution in [0.25, 0.3) is 0 Å². The van der Waals surface area contributed by atoms with Gasteiger partial charge in [0.25, 0.3) is 0 Å². The van der Waals surface area contributed by atoms with Crippen molar-refractivity contribution in [2.24, 2.45) is 0 Å². The Kier molecular flexibility index (Phi) is 2.45. The van der Waals surface area contributed by atoms with Gasteiger partial charge in [0.05, 0.1) is 6.20 Å². The molecule has 1 aromatic heterocycles. The van der Waals surface area contributed by atoms with Gasteiger partial charge in [-0.25, -0.2) is 0 Å². The van der Waals surface area contributed by atoms with Gasteiger partial charge >= 0.3 is 0 Å². The van der Waals surface area contributed by atoms with Crippen molar-refractivity contribution < 1.29 is 4.74 Å². The molecule has 11 heavy (non-hydrogen) atoms. The maximum atomic E-state index is 8.40. The van der Waals surface area contributed by atoms with Gasteiger partial charge in [-0.3, -0.25) is 4.98 Å². The molecule has 0 radical (unpaired) electrons. The summed E-state index contributed by atoms with van der Waals surface area (Å²) in [6.07, 6.45) is 2.82. The Morgan fingerprint density at radius 1 is 1.73 bits per heavy atom. The highest BCUT2D eigenvalue weighted by molar-refractivity contribution is 5.16. The van der Waals surface area contributed by atoms with Gasteiger partial charge in [0.15, 0.2) is 6.10 Å². The van der Waals surface area contributed by atoms with Crippen molar-refractivity contribution in [2.75, 3.05) is 0 Å². The van der Waals surface area contributed by atoms with E-state index in [4.69, 9.17) is 10.00 Å². The van der Waals surface area contributed by atoms with Crippen molar-refractivity contribution in [3.63, 3.8) is 0 Å². The molecule has 0 saturated heterocycles. The number of ether oxygens (including phenoxy) is 1. The largest absolute Gasteiger partial charge is 0.474 e. The predicted molar refractivity (Wildman–Crippen MR) is 39.9 cm³/mol. The summed E-state index contributed by atoms with van der Waals surface area (Å²) in [4.78, 5) is 3.84. The minimum absolute atomic E-state index is 0.417. The van der Waals surface area contributed by atoms with Crippen LogP contribution in [-0.4, -0.2) is 11.1 Å². The van der Waals surface area contributed by atoms with Crippen molar-refractivity contribution in [2.45, 2.75) is 13.0 Å². The first-order valence-electron chi connectivity index (χ1n) is 3.29. The normalized spacial score (nSPS) is 11.6. The third-order valence-electron chi connectivity index (χ3n) is 1.13. The van der Waals surface area contributed by atoms with Crippen molar-refractivity contribution >= 4 is 0 Å². The van der Waals surface area contributed by atoms with E-state index in [9.17, 15) is 0 Å². The monoisotopic (exact) mass is 148 g/mol. The summed E-state index contributed by atoms with van der Waals surface area (Å²) in [5, 5.41) is 8.40. The molecule has 0 saturated carbocycles. The summed E-state index contributed by atoms with van der Waals surface area (Å²) in [5.41, 5.74) is 0. The Hall–Kier alpha value is -1.56. The summed E-state index contributed by atoms with van der Waals surface area (Å²) < 4.78 is 5.14. The highest BCUT2D eigenvalue weighted by Gasteiger charge is 1.99. The second-order valence-electron chi connectivity index (χ2n) is 2.08. The number of pyridine rings is 1. The van der Waals surface area contributed by atoms with Crippen LogP contribution >= 0.6 is 0 Å². The van der Waals surface area contributed by atoms with E-state index in [0.29, 0.717) is 5.75 Å². The predicted octanol–water partition coefficient (Wildman–Crippen LogP) is 1.37. The number of nitrogens with zero attached hydrogens (tertiary/aromatic N) is 2. The Balaban J connectivity index is 2.60. The van der Waals surface area contributed by atoms with Gasteiger partial charge in [-0.05, 0) is 19.1 Å². The SMILES string of the molecule is CC(C#N)Oc1cccnc1. The molecule has 3 nitrogen and oxygen atoms in total. The van der Waals surface area contributed by atoms with E-state index < -0.39 is 6.10 Å². The molecule has 0 aliphatic rings. The lowest BCUT2D eigenvalue weighted by Crippen LogP contribution is -2.07. The molecule has 1 unspecified atom stereocenters. The highest BCUT2D eigenvalue weighted by atomic mass is 16.5. The molecule has 1 heterocycles. The lowest BCUT2D eigenvalue weighted by atomic mass is 10.4. The van der Waals surface area contributed by atoms with Crippen molar-refractivity contribution in [3.8, 4) is 11.8 Å². The fourth-order valence-electron chi connectivity index (χ4n) is 0.647. The molecule has 1 rings (SSSR count). The van der Waals surface area contributed by atoms with Crippen LogP contribution in [0.2, 0.25) is 0 Å². The molecular formula is C8H8N2O. The molecule has 0 aromatic carbocycles. The number of rotatable bonds is 2. The molecule has 0 bridgehead atoms. The average molecular weight is 148 g/mol. The fourth-order valence-corrected chi connectivity index (χ4v) is 0.647. The molecule has 0 aliphatic carbocycles. The van der Waals surface area contributed by atoms with E-state index in [2.05, 4.69) is 4.98 Å². The van der Waals surface area contributed by atoms with E-state index >= 15 is 0 Å². The van der Waals surface area contributed by atoms with Crippen molar-refractivity contribution in [3.05, 3.63) is 24.5 Å². The minimum atomic E-state index is -0.417. The van der Waals surface area contributed by atoms with Crippen LogP contribution in [0.5, 0.6) is 5.75 Å². The molecule has 1 atom stereocenters. The molecule has 0 N–H and O–H groups in total. The lowest BCUT2D eigenvalue weighted by Gasteiger charge is -2.05. The standard InChI is InChI=1S/C8H8N2O/c1-7(5-9)11-8-3-2-4-10-6-8/h2-4,6-7H,1H3. The first kappa shape index (κ1) is 7.55. The number of hydrogen-bond acceptors (Lipinski definition) is 3. The van der Waals surface area contributed by atoms with Gasteiger partial charge in [0.1, 0.15) is 11.8 Å². The summed E-state index contributed by atoms with van der Waals surface area (Å²) in [5.74, 6) is 0.626. The second-order valence-corrected chi connectivity index (χ2v) is 2.08. The Labute approximate surface area is 65.3 Å². The third kappa shape index (κ3) is 2.26. The van der Waals surface area contributed by atoms with Crippen LogP contribution in [0.3, 0.4) is 0 Å². The van der Waals surface area contributed by atoms with Gasteiger partial charge in [-0.2, -0.15) is 5.26 Å². The molecule has 0 fully saturated rings. The lowest BCUT2D eigenvalue weighted by molar-refractivity contribution is 0.275. The van der Waals surface area contributed by atoms with Crippen molar-refractivity contribution in [1.82, 2.24) is 4.98 Å². The third-order valence-corrected chi connectivity index (χ3v) is 1.13. The van der Waals surface area contributed by atoms with Gasteiger partial charge in [0, 0.05) is 6.20 Å². The van der Waals surface area contributed by atoms with Gasteiger partial charge in [0.2, 0.25) is 0 Å². The summed E-state index contributed by atoms with van der Waals surface area (Å²) in [6, 6.07) is 5.49. The number of hydrogen-bond donors (Lipinski definition) is 0. The van der Waals surface area contributed by atoms with Crippen LogP contribution < -0.4 is 4.74 Å². The number of nitriles is 1. The Morgan fingerprint density at radius 3 is 3.09 bits per heavy atom. The molecule has 56 valence electrons. The van der Waals surface area contributed by atoms with E-state index in [1.165, 1.54) is 0 Å². The summed E-state index contributed by atoms with van der Waals surface area (Å²) >= 11 is 0. The van der Waals surface area contributed by atoms with E-state index in [0.717, 1.165) is 0 Å². The topological polar surface area (TPSA) is 45.9 Å². The molecule has 1 aromatic rings. The molecule has 0 aliphatic heterocycles. The minimum Gasteiger partial charge on any atom is -0.474 e. The zero-order valence-corrected chi connectivity index (χ0v) is 6.19. The average Bonchev–Trinajstić information content (AvgIpc) is 2.06. The van der Waals surface area contributed by atoms with Crippen LogP contribution in [0.15, 0.2) is 24.5 Å². The fraction of sp³-hybridized carbons (Fsp3) is 0.250. The van der Waals surface area contributed by atoms with E-state index in [1.54, 1.807) is 31.5 Å². The van der Waals surface area contributed by atoms with Crippen LogP contribution in [0.1, 0.15) is 6.92 Å². The van der Waals surface area contributed by atoms with Crippen LogP contribution in [-0.2, 0) is 0 Å². The maximum absolute atomic E-state index is 8.40. The maximum Gasteiger partial charge on any atom is 0.181 e. The Morgan fingerprint density at radius 2 is 2.55 bits per heavy atom. The van der Waals surface area contributed by atoms with Crippen molar-refractivity contribution in [1.29, 1.82) is 5.26 Å². The van der Waals surface area contributed by atoms with E-state index in [1.807, 2.05) is 6.07 Å². The van der Waals surface area contributed by atoms with Gasteiger partial charge in [-0.1, -0.05) is 0 Å². The van der Waals surface area contributed by atoms with Crippen LogP contribution in [0, 0.1) is 11.3 Å². The highest BCUT2D eigenvalue weighted by Crippen LogP contribution is 2.07. The van der Waals surface area contributed by atoms with Crippen LogP contribution in [0.4, 0.5) is 0 Å². The first-order chi connectivity index (χ1) is 5.33. The van der Waals surface area contributed by atoms with Gasteiger partial charge < -0.3 is 4.74 Å². The molecular weight excluding hydrogens is 140 g/mol. The first-order valence-corrected chi connectivity index (χ1v) is 3.29. The zero-order valence-electron chi connectivity index (χ0n) is 6.19. The summed E-state index contributed by atoms with van der Waals surface area (Å²) in [7, 11) is 0. The molecule has 0 spiro atoms. The molecule has 3 heteroatoms. The quantitative estimate of drug-likeness (QED) is 0.636. The van der Waals surface area contributed by atoms with E-state index in [-0.39, 0.29) is 0 Å². The summed E-state index contributed by atoms with van der Waals surface area (Å²) in [6.45, 7) is 1.69.